The van der Waals surface area contributed by atoms with Crippen LogP contribution >= 0.6 is 0 Å². The molecule has 4 heterocycles. The number of ether oxygens (including phenoxy) is 11. The Bertz CT molecular complexity index is 1630. The lowest BCUT2D eigenvalue weighted by Crippen LogP contribution is -2.61. The van der Waals surface area contributed by atoms with E-state index in [0.717, 1.165) is 16.7 Å². The van der Waals surface area contributed by atoms with Crippen molar-refractivity contribution in [2.24, 2.45) is 11.8 Å². The van der Waals surface area contributed by atoms with Crippen molar-refractivity contribution in [1.82, 2.24) is 0 Å². The first-order chi connectivity index (χ1) is 27.2. The van der Waals surface area contributed by atoms with E-state index in [1.54, 1.807) is 6.08 Å². The molecule has 11 heteroatoms. The monoisotopic (exact) mass is 774 g/mol. The molecule has 0 spiro atoms. The summed E-state index contributed by atoms with van der Waals surface area (Å²) in [7, 11) is 0. The summed E-state index contributed by atoms with van der Waals surface area (Å²) in [5, 5.41) is 0. The van der Waals surface area contributed by atoms with Crippen LogP contribution in [0.4, 0.5) is 0 Å². The topological polar surface area (TPSA) is 102 Å². The van der Waals surface area contributed by atoms with Crippen LogP contribution < -0.4 is 0 Å². The number of fused-ring (bicyclic) bond motifs is 1. The van der Waals surface area contributed by atoms with Crippen LogP contribution in [-0.2, 0) is 71.9 Å². The van der Waals surface area contributed by atoms with E-state index in [0.29, 0.717) is 33.0 Å². The molecule has 304 valence electrons. The first-order valence-electron chi connectivity index (χ1n) is 19.9. The van der Waals surface area contributed by atoms with Gasteiger partial charge >= 0.3 is 0 Å². The Morgan fingerprint density at radius 2 is 1.05 bits per heavy atom. The normalized spacial score (nSPS) is 35.5. The van der Waals surface area contributed by atoms with Gasteiger partial charge in [0.05, 0.1) is 58.0 Å². The molecular weight excluding hydrogens is 716 g/mol. The molecule has 4 saturated heterocycles. The Kier molecular flexibility index (Phi) is 14.1. The van der Waals surface area contributed by atoms with Crippen molar-refractivity contribution in [3.63, 3.8) is 0 Å². The highest BCUT2D eigenvalue weighted by Gasteiger charge is 2.57. The maximum Gasteiger partial charge on any atom is 0.187 e. The number of rotatable bonds is 16. The van der Waals surface area contributed by atoms with Crippen LogP contribution in [0.1, 0.15) is 51.3 Å². The fraction of sp³-hybridized carbons (Fsp3) is 0.556. The number of hydrogen-bond acceptors (Lipinski definition) is 11. The SMILES string of the molecule is C=CCO[C@@H]1O[C@H](C)[C@H](O[C@@H]2OC[C@@H](OCc3ccccc3)C(O[C@@H]3OC[C@@H](OCc4ccccc4)C(OCc4ccccc4)C3C)C2C)C2OC(C)(C)OC21. The lowest BCUT2D eigenvalue weighted by molar-refractivity contribution is -0.345. The minimum atomic E-state index is -0.850. The average molecular weight is 775 g/mol. The highest BCUT2D eigenvalue weighted by Crippen LogP contribution is 2.41. The number of hydrogen-bond donors (Lipinski definition) is 0. The predicted molar refractivity (Wildman–Crippen MR) is 207 cm³/mol. The molecule has 13 atom stereocenters. The zero-order chi connectivity index (χ0) is 39.1. The third-order valence-electron chi connectivity index (χ3n) is 10.9. The Hall–Kier alpha value is -3.04. The summed E-state index contributed by atoms with van der Waals surface area (Å²) in [4.78, 5) is 0. The van der Waals surface area contributed by atoms with E-state index in [1.807, 2.05) is 87.5 Å². The molecule has 6 unspecified atom stereocenters. The van der Waals surface area contributed by atoms with Gasteiger partial charge in [0.15, 0.2) is 24.7 Å². The zero-order valence-electron chi connectivity index (χ0n) is 33.2. The van der Waals surface area contributed by atoms with Gasteiger partial charge in [-0.15, -0.1) is 6.58 Å². The van der Waals surface area contributed by atoms with E-state index in [1.165, 1.54) is 0 Å². The van der Waals surface area contributed by atoms with Gasteiger partial charge in [-0.05, 0) is 37.5 Å². The molecule has 0 saturated carbocycles. The van der Waals surface area contributed by atoms with E-state index < -0.39 is 55.2 Å². The van der Waals surface area contributed by atoms with Crippen molar-refractivity contribution in [3.05, 3.63) is 120 Å². The molecule has 3 aromatic rings. The first-order valence-corrected chi connectivity index (χ1v) is 19.9. The Balaban J connectivity index is 1.08. The van der Waals surface area contributed by atoms with Gasteiger partial charge in [-0.2, -0.15) is 0 Å². The molecule has 7 rings (SSSR count). The van der Waals surface area contributed by atoms with Crippen molar-refractivity contribution >= 4 is 0 Å². The second kappa shape index (κ2) is 19.1. The van der Waals surface area contributed by atoms with Crippen molar-refractivity contribution in [1.29, 1.82) is 0 Å². The minimum absolute atomic E-state index is 0.191. The third kappa shape index (κ3) is 10.1. The highest BCUT2D eigenvalue weighted by atomic mass is 16.8. The van der Waals surface area contributed by atoms with Crippen LogP contribution in [0.2, 0.25) is 0 Å². The van der Waals surface area contributed by atoms with E-state index in [2.05, 4.69) is 44.7 Å². The third-order valence-corrected chi connectivity index (χ3v) is 10.9. The second-order valence-corrected chi connectivity index (χ2v) is 15.7. The van der Waals surface area contributed by atoms with Crippen LogP contribution in [0, 0.1) is 11.8 Å². The maximum absolute atomic E-state index is 7.02. The standard InChI is InChI=1S/C45H58O11/c1-7-23-46-44-41-40(55-45(5,6)56-41)39(31(4)52-44)54-43-30(3)38(36(28-51-43)48-25-33-19-13-9-14-20-33)53-42-29(2)37(49-26-34-21-15-10-16-22-34)35(27-50-42)47-24-32-17-11-8-12-18-32/h7-22,29-31,35-44H,1,23-28H2,2-6H3/t29?,30?,31-,35-,36-,37?,38?,39+,40?,41?,42+,43+,44-/m1/s1. The average Bonchev–Trinajstić information content (AvgIpc) is 3.54. The lowest BCUT2D eigenvalue weighted by Gasteiger charge is -2.47. The maximum atomic E-state index is 7.02. The summed E-state index contributed by atoms with van der Waals surface area (Å²) < 4.78 is 71.5. The van der Waals surface area contributed by atoms with Gasteiger partial charge in [-0.1, -0.05) is 111 Å². The van der Waals surface area contributed by atoms with Crippen LogP contribution in [0.15, 0.2) is 104 Å². The second-order valence-electron chi connectivity index (χ2n) is 15.7. The smallest absolute Gasteiger partial charge is 0.187 e. The van der Waals surface area contributed by atoms with Crippen molar-refractivity contribution < 1.29 is 52.1 Å². The molecule has 0 bridgehead atoms. The molecule has 0 N–H and O–H groups in total. The van der Waals surface area contributed by atoms with E-state index in [4.69, 9.17) is 52.1 Å². The molecule has 4 aliphatic rings. The summed E-state index contributed by atoms with van der Waals surface area (Å²) >= 11 is 0. The van der Waals surface area contributed by atoms with Gasteiger partial charge in [-0.3, -0.25) is 0 Å². The Labute approximate surface area is 331 Å². The summed E-state index contributed by atoms with van der Waals surface area (Å²) in [5.41, 5.74) is 3.23. The van der Waals surface area contributed by atoms with Crippen LogP contribution in [0.3, 0.4) is 0 Å². The van der Waals surface area contributed by atoms with Crippen LogP contribution in [-0.4, -0.2) is 93.3 Å². The fourth-order valence-corrected chi connectivity index (χ4v) is 7.97. The molecule has 0 aromatic heterocycles. The molecule has 0 radical (unpaired) electrons. The summed E-state index contributed by atoms with van der Waals surface area (Å²) in [6.07, 6.45) is -3.56. The molecule has 56 heavy (non-hydrogen) atoms. The molecule has 4 aliphatic heterocycles. The van der Waals surface area contributed by atoms with Gasteiger partial charge in [-0.25, -0.2) is 0 Å². The summed E-state index contributed by atoms with van der Waals surface area (Å²) in [5.74, 6) is -1.33. The Morgan fingerprint density at radius 3 is 1.59 bits per heavy atom. The molecule has 11 nitrogen and oxygen atoms in total. The molecule has 4 fully saturated rings. The van der Waals surface area contributed by atoms with Gasteiger partial charge in [0.1, 0.15) is 30.5 Å². The van der Waals surface area contributed by atoms with Crippen molar-refractivity contribution in [2.75, 3.05) is 19.8 Å². The highest BCUT2D eigenvalue weighted by molar-refractivity contribution is 5.15. The van der Waals surface area contributed by atoms with Gasteiger partial charge < -0.3 is 52.1 Å². The summed E-state index contributed by atoms with van der Waals surface area (Å²) in [6.45, 7) is 15.8. The van der Waals surface area contributed by atoms with Gasteiger partial charge in [0.2, 0.25) is 0 Å². The largest absolute Gasteiger partial charge is 0.370 e. The van der Waals surface area contributed by atoms with E-state index >= 15 is 0 Å². The van der Waals surface area contributed by atoms with Crippen LogP contribution in [0.25, 0.3) is 0 Å². The summed E-state index contributed by atoms with van der Waals surface area (Å²) in [6, 6.07) is 30.4. The van der Waals surface area contributed by atoms with Gasteiger partial charge in [0, 0.05) is 11.8 Å². The van der Waals surface area contributed by atoms with Crippen molar-refractivity contribution in [3.8, 4) is 0 Å². The quantitative estimate of drug-likeness (QED) is 0.141. The number of benzene rings is 3. The molecule has 0 amide bonds. The van der Waals surface area contributed by atoms with Crippen LogP contribution in [0.5, 0.6) is 0 Å². The predicted octanol–water partition coefficient (Wildman–Crippen LogP) is 6.97. The zero-order valence-corrected chi connectivity index (χ0v) is 33.2. The molecule has 0 aliphatic carbocycles. The fourth-order valence-electron chi connectivity index (χ4n) is 7.97. The van der Waals surface area contributed by atoms with E-state index in [-0.39, 0.29) is 36.8 Å². The lowest BCUT2D eigenvalue weighted by atomic mass is 9.93. The van der Waals surface area contributed by atoms with E-state index in [9.17, 15) is 0 Å². The van der Waals surface area contributed by atoms with Crippen molar-refractivity contribution in [2.45, 2.75) is 128 Å². The minimum Gasteiger partial charge on any atom is -0.370 e. The molecule has 3 aromatic carbocycles. The van der Waals surface area contributed by atoms with Gasteiger partial charge in [0.25, 0.3) is 0 Å². The first kappa shape index (κ1) is 41.1. The molecular formula is C45H58O11. The Morgan fingerprint density at radius 1 is 0.589 bits per heavy atom.